The largest absolute Gasteiger partial charge is 0.490 e. The van der Waals surface area contributed by atoms with Crippen LogP contribution >= 0.6 is 27.5 Å². The number of halogens is 2. The van der Waals surface area contributed by atoms with Crippen LogP contribution in [0.2, 0.25) is 5.02 Å². The van der Waals surface area contributed by atoms with Crippen molar-refractivity contribution in [1.29, 1.82) is 5.26 Å². The quantitative estimate of drug-likeness (QED) is 0.231. The molecule has 0 heterocycles. The molecule has 0 fully saturated rings. The van der Waals surface area contributed by atoms with Crippen molar-refractivity contribution in [3.63, 3.8) is 0 Å². The van der Waals surface area contributed by atoms with Gasteiger partial charge in [-0.1, -0.05) is 29.8 Å². The Morgan fingerprint density at radius 2 is 1.81 bits per heavy atom. The lowest BCUT2D eigenvalue weighted by molar-refractivity contribution is -0.118. The van der Waals surface area contributed by atoms with Gasteiger partial charge in [-0.3, -0.25) is 9.59 Å². The van der Waals surface area contributed by atoms with E-state index in [0.29, 0.717) is 44.5 Å². The van der Waals surface area contributed by atoms with Crippen molar-refractivity contribution in [2.75, 3.05) is 23.8 Å². The predicted octanol–water partition coefficient (Wildman–Crippen LogP) is 6.37. The van der Waals surface area contributed by atoms with Crippen molar-refractivity contribution in [3.8, 4) is 17.6 Å². The molecule has 0 atom stereocenters. The van der Waals surface area contributed by atoms with Gasteiger partial charge in [0.15, 0.2) is 18.1 Å². The molecule has 3 aromatic rings. The Labute approximate surface area is 222 Å². The second-order valence-corrected chi connectivity index (χ2v) is 8.84. The average molecular weight is 569 g/mol. The summed E-state index contributed by atoms with van der Waals surface area (Å²) in [5.41, 5.74) is 2.58. The second kappa shape index (κ2) is 12.8. The highest BCUT2D eigenvalue weighted by Crippen LogP contribution is 2.37. The van der Waals surface area contributed by atoms with E-state index in [1.54, 1.807) is 36.4 Å². The zero-order chi connectivity index (χ0) is 26.1. The second-order valence-electron chi connectivity index (χ2n) is 7.55. The molecular weight excluding hydrogens is 546 g/mol. The summed E-state index contributed by atoms with van der Waals surface area (Å²) in [6.45, 7) is 3.81. The molecular formula is C27H23BrClN3O4. The molecule has 2 amide bonds. The Morgan fingerprint density at radius 3 is 2.47 bits per heavy atom. The molecule has 0 saturated carbocycles. The Morgan fingerprint density at radius 1 is 1.08 bits per heavy atom. The molecule has 0 spiro atoms. The molecule has 0 aliphatic carbocycles. The number of nitrogens with one attached hydrogen (secondary N) is 2. The zero-order valence-electron chi connectivity index (χ0n) is 19.6. The number of rotatable bonds is 9. The maximum atomic E-state index is 12.6. The minimum Gasteiger partial charge on any atom is -0.490 e. The van der Waals surface area contributed by atoms with E-state index in [1.807, 2.05) is 44.2 Å². The summed E-state index contributed by atoms with van der Waals surface area (Å²) in [5.74, 6) is -0.203. The van der Waals surface area contributed by atoms with Gasteiger partial charge in [0.2, 0.25) is 0 Å². The van der Waals surface area contributed by atoms with Gasteiger partial charge < -0.3 is 20.1 Å². The molecule has 0 radical (unpaired) electrons. The molecule has 2 N–H and O–H groups in total. The highest BCUT2D eigenvalue weighted by Gasteiger charge is 2.16. The summed E-state index contributed by atoms with van der Waals surface area (Å²) in [6, 6.07) is 19.2. The SMILES string of the molecule is CCOc1cc(/C=C(/C#N)C(=O)Nc2ccc(Cl)cc2)cc(Br)c1OCC(=O)Nc1ccccc1C. The van der Waals surface area contributed by atoms with Gasteiger partial charge in [-0.05, 0) is 89.4 Å². The molecule has 36 heavy (non-hydrogen) atoms. The van der Waals surface area contributed by atoms with E-state index < -0.39 is 5.91 Å². The molecule has 0 unspecified atom stereocenters. The van der Waals surface area contributed by atoms with Gasteiger partial charge in [0, 0.05) is 16.4 Å². The van der Waals surface area contributed by atoms with Crippen molar-refractivity contribution < 1.29 is 19.1 Å². The number of benzene rings is 3. The van der Waals surface area contributed by atoms with Gasteiger partial charge in [-0.25, -0.2) is 0 Å². The first kappa shape index (κ1) is 26.8. The Hall–Kier alpha value is -3.80. The molecule has 3 rings (SSSR count). The summed E-state index contributed by atoms with van der Waals surface area (Å²) in [4.78, 5) is 25.0. The minimum absolute atomic E-state index is 0.106. The molecule has 7 nitrogen and oxygen atoms in total. The first-order chi connectivity index (χ1) is 17.3. The third kappa shape index (κ3) is 7.35. The maximum absolute atomic E-state index is 12.6. The number of aryl methyl sites for hydroxylation is 1. The van der Waals surface area contributed by atoms with E-state index >= 15 is 0 Å². The van der Waals surface area contributed by atoms with Crippen LogP contribution in [0.25, 0.3) is 6.08 Å². The summed E-state index contributed by atoms with van der Waals surface area (Å²) in [7, 11) is 0. The van der Waals surface area contributed by atoms with Gasteiger partial charge in [0.25, 0.3) is 11.8 Å². The van der Waals surface area contributed by atoms with Crippen LogP contribution in [0.4, 0.5) is 11.4 Å². The van der Waals surface area contributed by atoms with Gasteiger partial charge in [-0.15, -0.1) is 0 Å². The molecule has 9 heteroatoms. The van der Waals surface area contributed by atoms with Crippen LogP contribution in [0.1, 0.15) is 18.1 Å². The number of nitrogens with zero attached hydrogens (tertiary/aromatic N) is 1. The van der Waals surface area contributed by atoms with E-state index in [0.717, 1.165) is 5.56 Å². The number of ether oxygens (including phenoxy) is 2. The van der Waals surface area contributed by atoms with Crippen LogP contribution in [0.5, 0.6) is 11.5 Å². The highest BCUT2D eigenvalue weighted by atomic mass is 79.9. The number of hydrogen-bond acceptors (Lipinski definition) is 5. The molecule has 3 aromatic carbocycles. The van der Waals surface area contributed by atoms with E-state index in [1.165, 1.54) is 6.08 Å². The number of nitriles is 1. The molecule has 0 aliphatic heterocycles. The summed E-state index contributed by atoms with van der Waals surface area (Å²) in [5, 5.41) is 15.6. The summed E-state index contributed by atoms with van der Waals surface area (Å²) < 4.78 is 12.0. The topological polar surface area (TPSA) is 100 Å². The first-order valence-electron chi connectivity index (χ1n) is 10.9. The minimum atomic E-state index is -0.567. The van der Waals surface area contributed by atoms with Crippen molar-refractivity contribution in [3.05, 3.63) is 86.9 Å². The number of hydrogen-bond donors (Lipinski definition) is 2. The van der Waals surface area contributed by atoms with Gasteiger partial charge in [0.05, 0.1) is 11.1 Å². The van der Waals surface area contributed by atoms with Crippen molar-refractivity contribution in [2.45, 2.75) is 13.8 Å². The van der Waals surface area contributed by atoms with Crippen molar-refractivity contribution in [2.24, 2.45) is 0 Å². The van der Waals surface area contributed by atoms with Gasteiger partial charge in [-0.2, -0.15) is 5.26 Å². The lowest BCUT2D eigenvalue weighted by atomic mass is 10.1. The van der Waals surface area contributed by atoms with Crippen LogP contribution in [-0.4, -0.2) is 25.0 Å². The van der Waals surface area contributed by atoms with Crippen LogP contribution in [-0.2, 0) is 9.59 Å². The Bertz CT molecular complexity index is 1330. The Balaban J connectivity index is 1.77. The summed E-state index contributed by atoms with van der Waals surface area (Å²) >= 11 is 9.31. The molecule has 0 saturated heterocycles. The molecule has 0 aliphatic rings. The monoisotopic (exact) mass is 567 g/mol. The van der Waals surface area contributed by atoms with E-state index in [-0.39, 0.29) is 18.1 Å². The number of para-hydroxylation sites is 1. The van der Waals surface area contributed by atoms with Crippen LogP contribution in [0.3, 0.4) is 0 Å². The average Bonchev–Trinajstić information content (AvgIpc) is 2.85. The van der Waals surface area contributed by atoms with Crippen LogP contribution < -0.4 is 20.1 Å². The fourth-order valence-corrected chi connectivity index (χ4v) is 3.86. The first-order valence-corrected chi connectivity index (χ1v) is 12.1. The standard InChI is InChI=1S/C27H23BrClN3O4/c1-3-35-24-14-18(12-19(15-30)27(34)31-21-10-8-20(29)9-11-21)13-22(28)26(24)36-16-25(33)32-23-7-5-4-6-17(23)2/h4-14H,3,16H2,1-2H3,(H,31,34)(H,32,33)/b19-12-. The van der Waals surface area contributed by atoms with Crippen molar-refractivity contribution >= 4 is 56.8 Å². The zero-order valence-corrected chi connectivity index (χ0v) is 21.9. The van der Waals surface area contributed by atoms with E-state index in [9.17, 15) is 14.9 Å². The van der Waals surface area contributed by atoms with Crippen LogP contribution in [0.15, 0.2) is 70.7 Å². The molecule has 0 aromatic heterocycles. The number of anilines is 2. The van der Waals surface area contributed by atoms with E-state index in [4.69, 9.17) is 21.1 Å². The Kier molecular flexibility index (Phi) is 9.51. The van der Waals surface area contributed by atoms with E-state index in [2.05, 4.69) is 26.6 Å². The number of amides is 2. The van der Waals surface area contributed by atoms with Crippen molar-refractivity contribution in [1.82, 2.24) is 0 Å². The fraction of sp³-hybridized carbons (Fsp3) is 0.148. The predicted molar refractivity (Wildman–Crippen MR) is 144 cm³/mol. The smallest absolute Gasteiger partial charge is 0.266 e. The molecule has 0 bridgehead atoms. The lowest BCUT2D eigenvalue weighted by Crippen LogP contribution is -2.21. The normalized spacial score (nSPS) is 10.8. The third-order valence-electron chi connectivity index (χ3n) is 4.88. The number of carbonyl (C=O) groups is 2. The van der Waals surface area contributed by atoms with Gasteiger partial charge in [0.1, 0.15) is 11.6 Å². The van der Waals surface area contributed by atoms with Gasteiger partial charge >= 0.3 is 0 Å². The van der Waals surface area contributed by atoms with Crippen LogP contribution in [0, 0.1) is 18.3 Å². The molecule has 184 valence electrons. The maximum Gasteiger partial charge on any atom is 0.266 e. The number of carbonyl (C=O) groups excluding carboxylic acids is 2. The fourth-order valence-electron chi connectivity index (χ4n) is 3.16. The third-order valence-corrected chi connectivity index (χ3v) is 5.72. The lowest BCUT2D eigenvalue weighted by Gasteiger charge is -2.15. The summed E-state index contributed by atoms with van der Waals surface area (Å²) in [6.07, 6.45) is 1.44. The highest BCUT2D eigenvalue weighted by molar-refractivity contribution is 9.10.